The Bertz CT molecular complexity index is 1030. The van der Waals surface area contributed by atoms with Crippen LogP contribution in [-0.4, -0.2) is 92.4 Å². The van der Waals surface area contributed by atoms with Crippen molar-refractivity contribution in [3.8, 4) is 17.2 Å². The van der Waals surface area contributed by atoms with Gasteiger partial charge in [0.2, 0.25) is 18.4 Å². The van der Waals surface area contributed by atoms with Crippen LogP contribution in [0.3, 0.4) is 0 Å². The molecule has 0 N–H and O–H groups in total. The number of fused-ring (bicyclic) bond motifs is 1. The van der Waals surface area contributed by atoms with Crippen LogP contribution in [0.25, 0.3) is 0 Å². The molecule has 2 aromatic rings. The molecule has 0 saturated carbocycles. The molecule has 2 aliphatic rings. The van der Waals surface area contributed by atoms with Crippen LogP contribution >= 0.6 is 0 Å². The molecular weight excluding hydrogens is 480 g/mol. The Balaban J connectivity index is 1.49. The summed E-state index contributed by atoms with van der Waals surface area (Å²) in [5, 5.41) is 0. The first-order valence-corrected chi connectivity index (χ1v) is 14.0. The van der Waals surface area contributed by atoms with Crippen molar-refractivity contribution in [2.45, 2.75) is 57.4 Å². The summed E-state index contributed by atoms with van der Waals surface area (Å²) in [6, 6.07) is 10.5. The minimum Gasteiger partial charge on any atom is -0.493 e. The minimum absolute atomic E-state index is 0.217. The Labute approximate surface area is 227 Å². The maximum atomic E-state index is 13.6. The maximum absolute atomic E-state index is 13.6. The van der Waals surface area contributed by atoms with E-state index in [1.165, 1.54) is 5.56 Å². The van der Waals surface area contributed by atoms with Gasteiger partial charge in [-0.1, -0.05) is 19.4 Å². The third-order valence-electron chi connectivity index (χ3n) is 7.65. The van der Waals surface area contributed by atoms with Gasteiger partial charge in [-0.2, -0.15) is 0 Å². The van der Waals surface area contributed by atoms with Crippen LogP contribution in [-0.2, 0) is 11.2 Å². The molecule has 0 unspecified atom stereocenters. The van der Waals surface area contributed by atoms with Gasteiger partial charge >= 0.3 is 0 Å². The second-order valence-corrected chi connectivity index (χ2v) is 10.7. The number of ether oxygens (including phenoxy) is 3. The number of amides is 1. The summed E-state index contributed by atoms with van der Waals surface area (Å²) in [6.45, 7) is 6.32. The Hall–Kier alpha value is -2.84. The number of rotatable bonds is 14. The predicted molar refractivity (Wildman–Crippen MR) is 149 cm³/mol. The van der Waals surface area contributed by atoms with Gasteiger partial charge in [-0.25, -0.2) is 0 Å². The van der Waals surface area contributed by atoms with Crippen LogP contribution in [0.5, 0.6) is 17.2 Å². The molecule has 3 heterocycles. The zero-order chi connectivity index (χ0) is 26.9. The van der Waals surface area contributed by atoms with E-state index >= 15 is 0 Å². The summed E-state index contributed by atoms with van der Waals surface area (Å²) < 4.78 is 16.9. The van der Waals surface area contributed by atoms with Crippen molar-refractivity contribution in [2.75, 3.05) is 60.7 Å². The van der Waals surface area contributed by atoms with Crippen LogP contribution in [0.15, 0.2) is 36.5 Å². The second-order valence-electron chi connectivity index (χ2n) is 10.7. The normalized spacial score (nSPS) is 18.8. The number of carbonyl (C=O) groups excluding carboxylic acids is 1. The summed E-state index contributed by atoms with van der Waals surface area (Å²) in [7, 11) is 5.83. The highest BCUT2D eigenvalue weighted by molar-refractivity contribution is 5.78. The number of methoxy groups -OCH3 is 1. The van der Waals surface area contributed by atoms with E-state index in [9.17, 15) is 4.79 Å². The number of aromatic nitrogens is 1. The fraction of sp³-hybridized carbons (Fsp3) is 0.600. The highest BCUT2D eigenvalue weighted by Crippen LogP contribution is 2.45. The molecule has 1 aromatic heterocycles. The number of likely N-dealkylation sites (tertiary alicyclic amines) is 1. The van der Waals surface area contributed by atoms with Crippen molar-refractivity contribution in [3.05, 3.63) is 47.8 Å². The number of nitrogens with zero attached hydrogens (tertiary/aromatic N) is 4. The SMILES string of the molecule is CCCCN(CCCN(C)C)C(=O)CN1C[C@H](c2cc(OC)c3c(c2)OCO3)C[C@@H]1CCc1ccccn1. The molecule has 4 rings (SSSR count). The number of hydrogen-bond acceptors (Lipinski definition) is 7. The summed E-state index contributed by atoms with van der Waals surface area (Å²) in [5.74, 6) is 2.66. The van der Waals surface area contributed by atoms with Gasteiger partial charge in [0.1, 0.15) is 0 Å². The smallest absolute Gasteiger partial charge is 0.236 e. The lowest BCUT2D eigenvalue weighted by atomic mass is 9.94. The number of pyridine rings is 1. The molecule has 8 heteroatoms. The summed E-state index contributed by atoms with van der Waals surface area (Å²) in [5.41, 5.74) is 2.28. The zero-order valence-electron chi connectivity index (χ0n) is 23.5. The lowest BCUT2D eigenvalue weighted by Gasteiger charge is -2.29. The van der Waals surface area contributed by atoms with Crippen LogP contribution in [0, 0.1) is 0 Å². The monoisotopic (exact) mass is 524 g/mol. The quantitative estimate of drug-likeness (QED) is 0.367. The van der Waals surface area contributed by atoms with E-state index < -0.39 is 0 Å². The van der Waals surface area contributed by atoms with E-state index in [0.717, 1.165) is 76.1 Å². The average Bonchev–Trinajstić information content (AvgIpc) is 3.56. The van der Waals surface area contributed by atoms with Gasteiger partial charge in [-0.15, -0.1) is 0 Å². The van der Waals surface area contributed by atoms with Crippen LogP contribution in [0.2, 0.25) is 0 Å². The summed E-state index contributed by atoms with van der Waals surface area (Å²) in [4.78, 5) is 24.8. The largest absolute Gasteiger partial charge is 0.493 e. The minimum atomic E-state index is 0.217. The van der Waals surface area contributed by atoms with E-state index in [4.69, 9.17) is 14.2 Å². The van der Waals surface area contributed by atoms with E-state index in [-0.39, 0.29) is 18.6 Å². The van der Waals surface area contributed by atoms with Gasteiger partial charge in [0.25, 0.3) is 0 Å². The first-order chi connectivity index (χ1) is 18.5. The zero-order valence-corrected chi connectivity index (χ0v) is 23.5. The van der Waals surface area contributed by atoms with E-state index in [2.05, 4.69) is 58.9 Å². The molecule has 1 aromatic carbocycles. The Kier molecular flexibility index (Phi) is 10.2. The topological polar surface area (TPSA) is 67.4 Å². The summed E-state index contributed by atoms with van der Waals surface area (Å²) >= 11 is 0. The average molecular weight is 525 g/mol. The Morgan fingerprint density at radius 2 is 2.00 bits per heavy atom. The second kappa shape index (κ2) is 13.8. The van der Waals surface area contributed by atoms with E-state index in [0.29, 0.717) is 24.1 Å². The fourth-order valence-corrected chi connectivity index (χ4v) is 5.53. The standard InChI is InChI=1S/C30H44N4O4/c1-5-6-15-33(16-9-14-32(2)3)29(35)21-34-20-24(17-26(34)12-11-25-10-7-8-13-31-25)23-18-27(36-4)30-28(19-23)37-22-38-30/h7-8,10,13,18-19,24,26H,5-6,9,11-12,14-17,20-22H2,1-4H3/t24-,26+/m1/s1. The predicted octanol–water partition coefficient (Wildman–Crippen LogP) is 4.19. The lowest BCUT2D eigenvalue weighted by Crippen LogP contribution is -2.43. The molecule has 2 aliphatic heterocycles. The molecule has 0 bridgehead atoms. The first kappa shape index (κ1) is 28.2. The van der Waals surface area contributed by atoms with Gasteiger partial charge in [0.15, 0.2) is 11.5 Å². The number of benzene rings is 1. The van der Waals surface area contributed by atoms with Crippen molar-refractivity contribution in [1.29, 1.82) is 0 Å². The highest BCUT2D eigenvalue weighted by atomic mass is 16.7. The third-order valence-corrected chi connectivity index (χ3v) is 7.65. The Morgan fingerprint density at radius 3 is 2.74 bits per heavy atom. The first-order valence-electron chi connectivity index (χ1n) is 14.0. The highest BCUT2D eigenvalue weighted by Gasteiger charge is 2.36. The van der Waals surface area contributed by atoms with Crippen molar-refractivity contribution in [1.82, 2.24) is 19.7 Å². The molecule has 0 radical (unpaired) electrons. The molecular formula is C30H44N4O4. The molecule has 208 valence electrons. The molecule has 1 amide bonds. The van der Waals surface area contributed by atoms with Gasteiger partial charge in [-0.3, -0.25) is 14.7 Å². The van der Waals surface area contributed by atoms with Gasteiger partial charge in [0, 0.05) is 37.6 Å². The van der Waals surface area contributed by atoms with Crippen LogP contribution < -0.4 is 14.2 Å². The summed E-state index contributed by atoms with van der Waals surface area (Å²) in [6.07, 6.45) is 7.82. The van der Waals surface area contributed by atoms with Crippen molar-refractivity contribution < 1.29 is 19.0 Å². The van der Waals surface area contributed by atoms with Crippen molar-refractivity contribution >= 4 is 5.91 Å². The van der Waals surface area contributed by atoms with Gasteiger partial charge < -0.3 is 24.0 Å². The third kappa shape index (κ3) is 7.38. The van der Waals surface area contributed by atoms with E-state index in [1.807, 2.05) is 18.3 Å². The fourth-order valence-electron chi connectivity index (χ4n) is 5.53. The number of hydrogen-bond donors (Lipinski definition) is 0. The van der Waals surface area contributed by atoms with Gasteiger partial charge in [0.05, 0.1) is 13.7 Å². The number of carbonyl (C=O) groups is 1. The van der Waals surface area contributed by atoms with Gasteiger partial charge in [-0.05, 0) is 88.5 Å². The van der Waals surface area contributed by atoms with Crippen molar-refractivity contribution in [2.24, 2.45) is 0 Å². The van der Waals surface area contributed by atoms with E-state index in [1.54, 1.807) is 7.11 Å². The number of aryl methyl sites for hydroxylation is 1. The lowest BCUT2D eigenvalue weighted by molar-refractivity contribution is -0.132. The molecule has 1 saturated heterocycles. The van der Waals surface area contributed by atoms with Crippen LogP contribution in [0.4, 0.5) is 0 Å². The molecule has 38 heavy (non-hydrogen) atoms. The van der Waals surface area contributed by atoms with Crippen molar-refractivity contribution in [3.63, 3.8) is 0 Å². The molecule has 2 atom stereocenters. The molecule has 0 spiro atoms. The molecule has 0 aliphatic carbocycles. The Morgan fingerprint density at radius 1 is 1.16 bits per heavy atom. The number of unbranched alkanes of at least 4 members (excludes halogenated alkanes) is 1. The maximum Gasteiger partial charge on any atom is 0.236 e. The van der Waals surface area contributed by atoms with Crippen LogP contribution in [0.1, 0.15) is 56.2 Å². The molecule has 8 nitrogen and oxygen atoms in total. The molecule has 1 fully saturated rings.